The molecule has 1 amide bonds. The summed E-state index contributed by atoms with van der Waals surface area (Å²) in [4.78, 5) is 12.6. The van der Waals surface area contributed by atoms with Crippen molar-refractivity contribution in [2.24, 2.45) is 0 Å². The summed E-state index contributed by atoms with van der Waals surface area (Å²) >= 11 is 0. The van der Waals surface area contributed by atoms with Crippen molar-refractivity contribution < 1.29 is 36.9 Å². The minimum absolute atomic E-state index is 0.158. The molecule has 0 aromatic heterocycles. The van der Waals surface area contributed by atoms with Gasteiger partial charge in [-0.25, -0.2) is 0 Å². The van der Waals surface area contributed by atoms with Gasteiger partial charge < -0.3 is 24.3 Å². The van der Waals surface area contributed by atoms with Gasteiger partial charge in [-0.3, -0.25) is 4.79 Å². The monoisotopic (exact) mass is 413 g/mol. The first-order chi connectivity index (χ1) is 13.7. The number of para-hydroxylation sites is 1. The molecule has 1 N–H and O–H groups in total. The van der Waals surface area contributed by atoms with E-state index in [1.807, 2.05) is 0 Å². The molecule has 9 heteroatoms. The second-order valence-corrected chi connectivity index (χ2v) is 6.09. The maximum absolute atomic E-state index is 13.0. The summed E-state index contributed by atoms with van der Waals surface area (Å²) in [6.45, 7) is 1.45. The first-order valence-corrected chi connectivity index (χ1v) is 8.61. The highest BCUT2D eigenvalue weighted by atomic mass is 19.4. The minimum atomic E-state index is -4.53. The average Bonchev–Trinajstić information content (AvgIpc) is 2.70. The molecule has 2 aromatic rings. The summed E-state index contributed by atoms with van der Waals surface area (Å²) < 4.78 is 60.0. The number of alkyl halides is 3. The summed E-state index contributed by atoms with van der Waals surface area (Å²) in [5.41, 5.74) is -0.687. The maximum Gasteiger partial charge on any atom is 0.419 e. The van der Waals surface area contributed by atoms with Gasteiger partial charge in [0.1, 0.15) is 18.1 Å². The Hall–Kier alpha value is -3.10. The molecular weight excluding hydrogens is 391 g/mol. The third kappa shape index (κ3) is 5.46. The van der Waals surface area contributed by atoms with Crippen LogP contribution < -0.4 is 24.3 Å². The van der Waals surface area contributed by atoms with E-state index in [0.717, 1.165) is 6.07 Å². The molecule has 2 rings (SSSR count). The Morgan fingerprint density at radius 2 is 1.55 bits per heavy atom. The fourth-order valence-corrected chi connectivity index (χ4v) is 2.59. The number of nitrogens with one attached hydrogen (secondary N) is 1. The van der Waals surface area contributed by atoms with Crippen molar-refractivity contribution in [1.29, 1.82) is 0 Å². The van der Waals surface area contributed by atoms with E-state index < -0.39 is 23.7 Å². The van der Waals surface area contributed by atoms with E-state index in [1.54, 1.807) is 6.92 Å². The number of carbonyl (C=O) groups is 1. The van der Waals surface area contributed by atoms with Crippen LogP contribution in [0.25, 0.3) is 0 Å². The Balaban J connectivity index is 2.11. The lowest BCUT2D eigenvalue weighted by Gasteiger charge is -2.19. The van der Waals surface area contributed by atoms with Crippen LogP contribution in [-0.4, -0.2) is 39.9 Å². The van der Waals surface area contributed by atoms with Gasteiger partial charge in [0, 0.05) is 12.1 Å². The van der Waals surface area contributed by atoms with Gasteiger partial charge in [-0.15, -0.1) is 0 Å². The molecule has 0 fully saturated rings. The zero-order chi connectivity index (χ0) is 21.6. The molecule has 0 saturated heterocycles. The van der Waals surface area contributed by atoms with Crippen LogP contribution in [0.2, 0.25) is 0 Å². The van der Waals surface area contributed by atoms with E-state index in [9.17, 15) is 18.0 Å². The highest BCUT2D eigenvalue weighted by Gasteiger charge is 2.34. The summed E-state index contributed by atoms with van der Waals surface area (Å²) in [5.74, 6) is 0.186. The SMILES string of the molecule is COc1cc(OC)c(C(=O)NC(C)COc2ccccc2C(F)(F)F)cc1OC. The van der Waals surface area contributed by atoms with E-state index in [0.29, 0.717) is 11.5 Å². The van der Waals surface area contributed by atoms with Crippen molar-refractivity contribution in [3.05, 3.63) is 47.5 Å². The second kappa shape index (κ2) is 9.40. The van der Waals surface area contributed by atoms with Gasteiger partial charge in [0.2, 0.25) is 0 Å². The van der Waals surface area contributed by atoms with Crippen LogP contribution in [0.1, 0.15) is 22.8 Å². The molecule has 158 valence electrons. The summed E-state index contributed by atoms with van der Waals surface area (Å²) in [6, 6.07) is 7.28. The van der Waals surface area contributed by atoms with Gasteiger partial charge in [-0.1, -0.05) is 12.1 Å². The molecule has 29 heavy (non-hydrogen) atoms. The lowest BCUT2D eigenvalue weighted by atomic mass is 10.1. The Labute approximate surface area is 166 Å². The predicted octanol–water partition coefficient (Wildman–Crippen LogP) is 3.93. The van der Waals surface area contributed by atoms with Crippen molar-refractivity contribution >= 4 is 5.91 Å². The van der Waals surface area contributed by atoms with Crippen molar-refractivity contribution in [3.63, 3.8) is 0 Å². The summed E-state index contributed by atoms with van der Waals surface area (Å²) in [5, 5.41) is 2.67. The van der Waals surface area contributed by atoms with E-state index in [-0.39, 0.29) is 23.7 Å². The van der Waals surface area contributed by atoms with E-state index >= 15 is 0 Å². The highest BCUT2D eigenvalue weighted by Crippen LogP contribution is 2.36. The number of rotatable bonds is 8. The molecule has 6 nitrogen and oxygen atoms in total. The Morgan fingerprint density at radius 3 is 2.14 bits per heavy atom. The molecule has 0 aliphatic carbocycles. The second-order valence-electron chi connectivity index (χ2n) is 6.09. The zero-order valence-electron chi connectivity index (χ0n) is 16.4. The predicted molar refractivity (Wildman–Crippen MR) is 100.0 cm³/mol. The Kier molecular flexibility index (Phi) is 7.19. The topological polar surface area (TPSA) is 66.0 Å². The zero-order valence-corrected chi connectivity index (χ0v) is 16.4. The third-order valence-electron chi connectivity index (χ3n) is 4.01. The molecule has 0 heterocycles. The molecule has 2 aromatic carbocycles. The van der Waals surface area contributed by atoms with Gasteiger partial charge in [-0.2, -0.15) is 13.2 Å². The summed E-state index contributed by atoms with van der Waals surface area (Å²) in [6.07, 6.45) is -4.53. The van der Waals surface area contributed by atoms with Crippen LogP contribution in [0.3, 0.4) is 0 Å². The normalized spacial score (nSPS) is 12.1. The van der Waals surface area contributed by atoms with Crippen LogP contribution in [-0.2, 0) is 6.18 Å². The Bertz CT molecular complexity index is 854. The van der Waals surface area contributed by atoms with Gasteiger partial charge in [0.15, 0.2) is 11.5 Å². The fourth-order valence-electron chi connectivity index (χ4n) is 2.59. The number of carbonyl (C=O) groups excluding carboxylic acids is 1. The summed E-state index contributed by atoms with van der Waals surface area (Å²) in [7, 11) is 4.29. The molecule has 0 saturated carbocycles. The van der Waals surface area contributed by atoms with Crippen LogP contribution >= 0.6 is 0 Å². The number of halogens is 3. The molecule has 0 spiro atoms. The fraction of sp³-hybridized carbons (Fsp3) is 0.350. The molecular formula is C20H22F3NO5. The standard InChI is InChI=1S/C20H22F3NO5/c1-12(11-29-15-8-6-5-7-14(15)20(21,22)23)24-19(25)13-9-17(27-3)18(28-4)10-16(13)26-2/h5-10,12H,11H2,1-4H3,(H,24,25). The first-order valence-electron chi connectivity index (χ1n) is 8.61. The number of hydrogen-bond acceptors (Lipinski definition) is 5. The third-order valence-corrected chi connectivity index (χ3v) is 4.01. The number of methoxy groups -OCH3 is 3. The van der Waals surface area contributed by atoms with Gasteiger partial charge >= 0.3 is 6.18 Å². The number of benzene rings is 2. The van der Waals surface area contributed by atoms with Crippen molar-refractivity contribution in [2.75, 3.05) is 27.9 Å². The average molecular weight is 413 g/mol. The van der Waals surface area contributed by atoms with E-state index in [2.05, 4.69) is 5.32 Å². The van der Waals surface area contributed by atoms with Crippen LogP contribution in [0.4, 0.5) is 13.2 Å². The quantitative estimate of drug-likeness (QED) is 0.711. The maximum atomic E-state index is 13.0. The molecule has 0 bridgehead atoms. The number of hydrogen-bond donors (Lipinski definition) is 1. The van der Waals surface area contributed by atoms with E-state index in [1.165, 1.54) is 51.7 Å². The number of amides is 1. The van der Waals surface area contributed by atoms with Gasteiger partial charge in [0.05, 0.1) is 38.5 Å². The lowest BCUT2D eigenvalue weighted by molar-refractivity contribution is -0.139. The van der Waals surface area contributed by atoms with Gasteiger partial charge in [-0.05, 0) is 19.1 Å². The van der Waals surface area contributed by atoms with Crippen molar-refractivity contribution in [1.82, 2.24) is 5.32 Å². The van der Waals surface area contributed by atoms with E-state index in [4.69, 9.17) is 18.9 Å². The smallest absolute Gasteiger partial charge is 0.419 e. The largest absolute Gasteiger partial charge is 0.496 e. The lowest BCUT2D eigenvalue weighted by Crippen LogP contribution is -2.37. The molecule has 1 atom stereocenters. The minimum Gasteiger partial charge on any atom is -0.496 e. The number of ether oxygens (including phenoxy) is 4. The molecule has 0 aliphatic heterocycles. The molecule has 0 aliphatic rings. The van der Waals surface area contributed by atoms with Gasteiger partial charge in [0.25, 0.3) is 5.91 Å². The Morgan fingerprint density at radius 1 is 0.966 bits per heavy atom. The molecule has 0 radical (unpaired) electrons. The van der Waals surface area contributed by atoms with Crippen LogP contribution in [0.15, 0.2) is 36.4 Å². The van der Waals surface area contributed by atoms with Crippen LogP contribution in [0, 0.1) is 0 Å². The van der Waals surface area contributed by atoms with Crippen molar-refractivity contribution in [3.8, 4) is 23.0 Å². The highest BCUT2D eigenvalue weighted by molar-refractivity contribution is 5.98. The van der Waals surface area contributed by atoms with Crippen molar-refractivity contribution in [2.45, 2.75) is 19.1 Å². The molecule has 1 unspecified atom stereocenters. The van der Waals surface area contributed by atoms with Crippen LogP contribution in [0.5, 0.6) is 23.0 Å². The first kappa shape index (κ1) is 22.2.